The molecule has 1 fully saturated rings. The molecule has 0 spiro atoms. The quantitative estimate of drug-likeness (QED) is 0.660. The van der Waals surface area contributed by atoms with Crippen molar-refractivity contribution < 1.29 is 24.2 Å². The van der Waals surface area contributed by atoms with Crippen LogP contribution in [0.25, 0.3) is 11.1 Å². The van der Waals surface area contributed by atoms with Crippen molar-refractivity contribution in [3.05, 3.63) is 59.7 Å². The molecule has 2 aliphatic carbocycles. The average Bonchev–Trinajstić information content (AvgIpc) is 3.16. The van der Waals surface area contributed by atoms with E-state index < -0.39 is 17.6 Å². The summed E-state index contributed by atoms with van der Waals surface area (Å²) < 4.78 is 5.64. The molecule has 2 aliphatic rings. The van der Waals surface area contributed by atoms with Crippen LogP contribution in [0.2, 0.25) is 0 Å². The van der Waals surface area contributed by atoms with Crippen LogP contribution in [-0.2, 0) is 14.3 Å². The number of carbonyl (C=O) groups is 3. The van der Waals surface area contributed by atoms with Gasteiger partial charge in [-0.05, 0) is 61.8 Å². The number of likely N-dealkylation sites (N-methyl/N-ethyl adjacent to an activating group) is 1. The van der Waals surface area contributed by atoms with Gasteiger partial charge in [0.1, 0.15) is 12.1 Å². The van der Waals surface area contributed by atoms with Gasteiger partial charge in [0.15, 0.2) is 0 Å². The van der Waals surface area contributed by atoms with Crippen LogP contribution in [0.5, 0.6) is 0 Å². The number of carboxylic acids is 1. The molecule has 2 N–H and O–H groups in total. The maximum atomic E-state index is 12.8. The summed E-state index contributed by atoms with van der Waals surface area (Å²) in [4.78, 5) is 38.1. The molecule has 180 valence electrons. The van der Waals surface area contributed by atoms with Crippen molar-refractivity contribution in [2.45, 2.75) is 57.0 Å². The Morgan fingerprint density at radius 2 is 1.50 bits per heavy atom. The van der Waals surface area contributed by atoms with Crippen LogP contribution < -0.4 is 5.32 Å². The lowest BCUT2D eigenvalue weighted by Crippen LogP contribution is -2.53. The van der Waals surface area contributed by atoms with E-state index in [-0.39, 0.29) is 30.4 Å². The van der Waals surface area contributed by atoms with E-state index in [4.69, 9.17) is 4.74 Å². The molecule has 2 aromatic carbocycles. The summed E-state index contributed by atoms with van der Waals surface area (Å²) in [5, 5.41) is 12.3. The summed E-state index contributed by atoms with van der Waals surface area (Å²) in [7, 11) is 1.54. The van der Waals surface area contributed by atoms with Gasteiger partial charge in [-0.25, -0.2) is 9.59 Å². The predicted octanol–water partition coefficient (Wildman–Crippen LogP) is 4.41. The fourth-order valence-corrected chi connectivity index (χ4v) is 4.98. The van der Waals surface area contributed by atoms with Gasteiger partial charge in [-0.1, -0.05) is 48.5 Å². The third-order valence-electron chi connectivity index (χ3n) is 7.43. The number of hydrogen-bond acceptors (Lipinski definition) is 4. The number of carboxylic acid groups (broad SMARTS) is 1. The molecule has 34 heavy (non-hydrogen) atoms. The smallest absolute Gasteiger partial charge is 0.407 e. The maximum absolute atomic E-state index is 12.8. The average molecular weight is 465 g/mol. The Kier molecular flexibility index (Phi) is 6.64. The second kappa shape index (κ2) is 9.49. The van der Waals surface area contributed by atoms with E-state index >= 15 is 0 Å². The number of benzene rings is 2. The molecule has 4 rings (SSSR count). The molecule has 0 aromatic heterocycles. The highest BCUT2D eigenvalue weighted by Crippen LogP contribution is 2.44. The topological polar surface area (TPSA) is 95.9 Å². The van der Waals surface area contributed by atoms with Crippen molar-refractivity contribution in [3.63, 3.8) is 0 Å². The SMILES string of the molecule is CN(C(=O)C1CCC(NC(=O)OCC2c3ccccc3-c3ccccc32)CC1)C(C)(C)C(=O)O. The predicted molar refractivity (Wildman–Crippen MR) is 128 cm³/mol. The highest BCUT2D eigenvalue weighted by atomic mass is 16.5. The van der Waals surface area contributed by atoms with Crippen molar-refractivity contribution in [1.29, 1.82) is 0 Å². The second-order valence-electron chi connectivity index (χ2n) is 9.78. The van der Waals surface area contributed by atoms with Gasteiger partial charge in [0.2, 0.25) is 5.91 Å². The first kappa shape index (κ1) is 23.8. The lowest BCUT2D eigenvalue weighted by molar-refractivity contribution is -0.157. The monoisotopic (exact) mass is 464 g/mol. The molecule has 0 heterocycles. The van der Waals surface area contributed by atoms with Crippen molar-refractivity contribution in [3.8, 4) is 11.1 Å². The summed E-state index contributed by atoms with van der Waals surface area (Å²) in [5.41, 5.74) is 3.46. The van der Waals surface area contributed by atoms with Gasteiger partial charge >= 0.3 is 12.1 Å². The molecule has 0 saturated heterocycles. The first-order valence-corrected chi connectivity index (χ1v) is 11.8. The zero-order chi connectivity index (χ0) is 24.5. The molecule has 2 amide bonds. The largest absolute Gasteiger partial charge is 0.480 e. The minimum absolute atomic E-state index is 0.0136. The van der Waals surface area contributed by atoms with E-state index in [2.05, 4.69) is 29.6 Å². The Bertz CT molecular complexity index is 1040. The van der Waals surface area contributed by atoms with Gasteiger partial charge in [0, 0.05) is 24.9 Å². The minimum Gasteiger partial charge on any atom is -0.480 e. The van der Waals surface area contributed by atoms with Gasteiger partial charge in [0.05, 0.1) is 0 Å². The molecule has 0 unspecified atom stereocenters. The summed E-state index contributed by atoms with van der Waals surface area (Å²) in [6, 6.07) is 16.4. The van der Waals surface area contributed by atoms with E-state index in [1.165, 1.54) is 48.0 Å². The fraction of sp³-hybridized carbons (Fsp3) is 0.444. The van der Waals surface area contributed by atoms with Crippen LogP contribution in [0.4, 0.5) is 4.79 Å². The molecule has 7 nitrogen and oxygen atoms in total. The van der Waals surface area contributed by atoms with Gasteiger partial charge < -0.3 is 20.1 Å². The number of alkyl carbamates (subject to hydrolysis) is 1. The van der Waals surface area contributed by atoms with Gasteiger partial charge in [-0.15, -0.1) is 0 Å². The lowest BCUT2D eigenvalue weighted by atomic mass is 9.84. The van der Waals surface area contributed by atoms with Crippen molar-refractivity contribution in [2.24, 2.45) is 5.92 Å². The van der Waals surface area contributed by atoms with Gasteiger partial charge in [-0.2, -0.15) is 0 Å². The number of amides is 2. The third-order valence-corrected chi connectivity index (χ3v) is 7.43. The first-order chi connectivity index (χ1) is 16.2. The number of hydrogen-bond donors (Lipinski definition) is 2. The van der Waals surface area contributed by atoms with Crippen LogP contribution >= 0.6 is 0 Å². The highest BCUT2D eigenvalue weighted by molar-refractivity contribution is 5.87. The fourth-order valence-electron chi connectivity index (χ4n) is 4.98. The third kappa shape index (κ3) is 4.52. The number of aliphatic carboxylic acids is 1. The summed E-state index contributed by atoms with van der Waals surface area (Å²) in [6.07, 6.45) is 2.07. The van der Waals surface area contributed by atoms with Crippen LogP contribution in [0.3, 0.4) is 0 Å². The lowest BCUT2D eigenvalue weighted by Gasteiger charge is -2.36. The van der Waals surface area contributed by atoms with Crippen LogP contribution in [0.1, 0.15) is 56.6 Å². The van der Waals surface area contributed by atoms with E-state index in [0.29, 0.717) is 25.7 Å². The summed E-state index contributed by atoms with van der Waals surface area (Å²) >= 11 is 0. The zero-order valence-corrected chi connectivity index (χ0v) is 19.9. The molecule has 1 saturated carbocycles. The van der Waals surface area contributed by atoms with Crippen molar-refractivity contribution in [1.82, 2.24) is 10.2 Å². The number of rotatable bonds is 6. The molecule has 0 aliphatic heterocycles. The molecule has 0 atom stereocenters. The highest BCUT2D eigenvalue weighted by Gasteiger charge is 2.39. The first-order valence-electron chi connectivity index (χ1n) is 11.8. The molecule has 2 aromatic rings. The van der Waals surface area contributed by atoms with E-state index in [9.17, 15) is 19.5 Å². The number of carbonyl (C=O) groups excluding carboxylic acids is 2. The summed E-state index contributed by atoms with van der Waals surface area (Å²) in [5.74, 6) is -1.41. The normalized spacial score (nSPS) is 19.6. The Morgan fingerprint density at radius 3 is 2.03 bits per heavy atom. The van der Waals surface area contributed by atoms with Gasteiger partial charge in [0.25, 0.3) is 0 Å². The molecular weight excluding hydrogens is 432 g/mol. The molecule has 7 heteroatoms. The minimum atomic E-state index is -1.26. The Balaban J connectivity index is 1.29. The number of nitrogens with zero attached hydrogens (tertiary/aromatic N) is 1. The van der Waals surface area contributed by atoms with Crippen molar-refractivity contribution in [2.75, 3.05) is 13.7 Å². The summed E-state index contributed by atoms with van der Waals surface area (Å²) in [6.45, 7) is 3.32. The van der Waals surface area contributed by atoms with E-state index in [0.717, 1.165) is 0 Å². The number of fused-ring (bicyclic) bond motifs is 3. The Morgan fingerprint density at radius 1 is 0.971 bits per heavy atom. The molecule has 0 radical (unpaired) electrons. The standard InChI is InChI=1S/C27H32N2O5/c1-27(2,25(31)32)29(3)24(30)17-12-14-18(15-13-17)28-26(33)34-16-23-21-10-6-4-8-19(21)20-9-5-7-11-22(20)23/h4-11,17-18,23H,12-16H2,1-3H3,(H,28,33)(H,31,32). The zero-order valence-electron chi connectivity index (χ0n) is 19.9. The van der Waals surface area contributed by atoms with Crippen LogP contribution in [-0.4, -0.2) is 53.2 Å². The van der Waals surface area contributed by atoms with Crippen molar-refractivity contribution >= 4 is 18.0 Å². The molecular formula is C27H32N2O5. The Labute approximate surface area is 200 Å². The Hall–Kier alpha value is -3.35. The second-order valence-corrected chi connectivity index (χ2v) is 9.78. The van der Waals surface area contributed by atoms with Crippen LogP contribution in [0.15, 0.2) is 48.5 Å². The van der Waals surface area contributed by atoms with Crippen LogP contribution in [0, 0.1) is 5.92 Å². The number of ether oxygens (including phenoxy) is 1. The van der Waals surface area contributed by atoms with E-state index in [1.54, 1.807) is 0 Å². The molecule has 0 bridgehead atoms. The van der Waals surface area contributed by atoms with Gasteiger partial charge in [-0.3, -0.25) is 4.79 Å². The maximum Gasteiger partial charge on any atom is 0.407 e. The van der Waals surface area contributed by atoms with E-state index in [1.807, 2.05) is 24.3 Å². The number of nitrogens with one attached hydrogen (secondary N) is 1.